The number of rotatable bonds is 5. The maximum atomic E-state index is 11.4. The molecule has 0 saturated heterocycles. The number of hydrogen-bond donors (Lipinski definition) is 0. The minimum Gasteiger partial charge on any atom is -0.497 e. The van der Waals surface area contributed by atoms with Gasteiger partial charge in [0.1, 0.15) is 5.75 Å². The summed E-state index contributed by atoms with van der Waals surface area (Å²) in [7, 11) is 1.59. The van der Waals surface area contributed by atoms with Crippen LogP contribution in [0.5, 0.6) is 5.75 Å². The highest BCUT2D eigenvalue weighted by atomic mass is 79.9. The molecule has 3 nitrogen and oxygen atoms in total. The Kier molecular flexibility index (Phi) is 5.18. The number of hydrogen-bond acceptors (Lipinski definition) is 3. The van der Waals surface area contributed by atoms with Crippen LogP contribution in [0.3, 0.4) is 0 Å². The standard InChI is InChI=1S/C11H13BrO3/c1-14-10-5-3-9(4-6-10)11(13)15-8-2-7-12/h3-6H,2,7-8H2,1H3. The largest absolute Gasteiger partial charge is 0.497 e. The summed E-state index contributed by atoms with van der Waals surface area (Å²) in [5.74, 6) is 0.436. The van der Waals surface area contributed by atoms with E-state index in [2.05, 4.69) is 15.9 Å². The van der Waals surface area contributed by atoms with Crippen LogP contribution in [0, 0.1) is 0 Å². The van der Waals surface area contributed by atoms with Gasteiger partial charge in [-0.15, -0.1) is 0 Å². The molecule has 0 bridgehead atoms. The molecule has 0 saturated carbocycles. The predicted molar refractivity (Wildman–Crippen MR) is 61.7 cm³/mol. The normalized spacial score (nSPS) is 9.73. The van der Waals surface area contributed by atoms with Gasteiger partial charge < -0.3 is 9.47 Å². The topological polar surface area (TPSA) is 35.5 Å². The van der Waals surface area contributed by atoms with Gasteiger partial charge in [-0.2, -0.15) is 0 Å². The Hall–Kier alpha value is -1.03. The first-order valence-electron chi connectivity index (χ1n) is 4.65. The minimum absolute atomic E-state index is 0.293. The second-order valence-electron chi connectivity index (χ2n) is 2.91. The van der Waals surface area contributed by atoms with Gasteiger partial charge in [0, 0.05) is 5.33 Å². The average molecular weight is 273 g/mol. The van der Waals surface area contributed by atoms with E-state index in [1.54, 1.807) is 31.4 Å². The number of benzene rings is 1. The maximum Gasteiger partial charge on any atom is 0.338 e. The van der Waals surface area contributed by atoms with Crippen molar-refractivity contribution < 1.29 is 14.3 Å². The molecule has 0 aliphatic carbocycles. The molecular formula is C11H13BrO3. The van der Waals surface area contributed by atoms with Crippen molar-refractivity contribution in [3.05, 3.63) is 29.8 Å². The number of ether oxygens (including phenoxy) is 2. The van der Waals surface area contributed by atoms with Gasteiger partial charge in [-0.25, -0.2) is 4.79 Å². The lowest BCUT2D eigenvalue weighted by atomic mass is 10.2. The first-order chi connectivity index (χ1) is 7.27. The Morgan fingerprint density at radius 2 is 2.00 bits per heavy atom. The molecule has 0 spiro atoms. The van der Waals surface area contributed by atoms with E-state index in [9.17, 15) is 4.79 Å². The molecule has 4 heteroatoms. The zero-order chi connectivity index (χ0) is 11.1. The van der Waals surface area contributed by atoms with Gasteiger partial charge in [-0.3, -0.25) is 0 Å². The number of carbonyl (C=O) groups excluding carboxylic acids is 1. The third-order valence-corrected chi connectivity index (χ3v) is 2.40. The quantitative estimate of drug-likeness (QED) is 0.470. The molecule has 0 fully saturated rings. The fourth-order valence-corrected chi connectivity index (χ4v) is 1.26. The van der Waals surface area contributed by atoms with Crippen molar-refractivity contribution in [2.45, 2.75) is 6.42 Å². The van der Waals surface area contributed by atoms with E-state index in [4.69, 9.17) is 9.47 Å². The van der Waals surface area contributed by atoms with E-state index < -0.39 is 0 Å². The minimum atomic E-state index is -0.293. The predicted octanol–water partition coefficient (Wildman–Crippen LogP) is 2.64. The summed E-state index contributed by atoms with van der Waals surface area (Å²) in [6.45, 7) is 0.441. The summed E-state index contributed by atoms with van der Waals surface area (Å²) in [4.78, 5) is 11.4. The van der Waals surface area contributed by atoms with E-state index in [0.29, 0.717) is 12.2 Å². The van der Waals surface area contributed by atoms with Crippen LogP contribution in [0.25, 0.3) is 0 Å². The highest BCUT2D eigenvalue weighted by Crippen LogP contribution is 2.12. The molecule has 0 unspecified atom stereocenters. The Balaban J connectivity index is 2.50. The van der Waals surface area contributed by atoms with Crippen molar-refractivity contribution in [2.24, 2.45) is 0 Å². The van der Waals surface area contributed by atoms with Crippen molar-refractivity contribution >= 4 is 21.9 Å². The highest BCUT2D eigenvalue weighted by Gasteiger charge is 2.06. The van der Waals surface area contributed by atoms with E-state index in [0.717, 1.165) is 17.5 Å². The van der Waals surface area contributed by atoms with Gasteiger partial charge in [0.15, 0.2) is 0 Å². The molecule has 0 aliphatic heterocycles. The highest BCUT2D eigenvalue weighted by molar-refractivity contribution is 9.09. The fraction of sp³-hybridized carbons (Fsp3) is 0.364. The second-order valence-corrected chi connectivity index (χ2v) is 3.70. The lowest BCUT2D eigenvalue weighted by Gasteiger charge is -2.04. The molecular weight excluding hydrogens is 260 g/mol. The van der Waals surface area contributed by atoms with Crippen LogP contribution < -0.4 is 4.74 Å². The van der Waals surface area contributed by atoms with Crippen LogP contribution in [-0.2, 0) is 4.74 Å². The van der Waals surface area contributed by atoms with Crippen molar-refractivity contribution in [3.63, 3.8) is 0 Å². The molecule has 1 rings (SSSR count). The summed E-state index contributed by atoms with van der Waals surface area (Å²) >= 11 is 3.27. The molecule has 15 heavy (non-hydrogen) atoms. The Morgan fingerprint density at radius 3 is 2.53 bits per heavy atom. The van der Waals surface area contributed by atoms with Gasteiger partial charge >= 0.3 is 5.97 Å². The Labute approximate surface area is 97.5 Å². The lowest BCUT2D eigenvalue weighted by molar-refractivity contribution is 0.0506. The number of methoxy groups -OCH3 is 1. The van der Waals surface area contributed by atoms with Gasteiger partial charge in [-0.1, -0.05) is 15.9 Å². The monoisotopic (exact) mass is 272 g/mol. The Morgan fingerprint density at radius 1 is 1.33 bits per heavy atom. The second kappa shape index (κ2) is 6.45. The maximum absolute atomic E-state index is 11.4. The molecule has 0 N–H and O–H groups in total. The summed E-state index contributed by atoms with van der Waals surface area (Å²) in [6.07, 6.45) is 0.821. The van der Waals surface area contributed by atoms with E-state index in [-0.39, 0.29) is 5.97 Å². The summed E-state index contributed by atoms with van der Waals surface area (Å²) < 4.78 is 10.0. The van der Waals surface area contributed by atoms with Crippen LogP contribution in [0.15, 0.2) is 24.3 Å². The SMILES string of the molecule is COc1ccc(C(=O)OCCCBr)cc1. The third-order valence-electron chi connectivity index (χ3n) is 1.84. The smallest absolute Gasteiger partial charge is 0.338 e. The van der Waals surface area contributed by atoms with Crippen LogP contribution in [0.4, 0.5) is 0 Å². The number of halogens is 1. The first kappa shape index (κ1) is 12.0. The number of carbonyl (C=O) groups is 1. The van der Waals surface area contributed by atoms with Crippen molar-refractivity contribution in [2.75, 3.05) is 19.0 Å². The summed E-state index contributed by atoms with van der Waals surface area (Å²) in [5, 5.41) is 0.836. The molecule has 1 aromatic rings. The molecule has 0 aliphatic rings. The van der Waals surface area contributed by atoms with Gasteiger partial charge in [0.25, 0.3) is 0 Å². The van der Waals surface area contributed by atoms with Gasteiger partial charge in [0.05, 0.1) is 19.3 Å². The van der Waals surface area contributed by atoms with Gasteiger partial charge in [0.2, 0.25) is 0 Å². The average Bonchev–Trinajstić information content (AvgIpc) is 2.29. The van der Waals surface area contributed by atoms with Crippen LogP contribution in [0.1, 0.15) is 16.8 Å². The van der Waals surface area contributed by atoms with E-state index >= 15 is 0 Å². The summed E-state index contributed by atoms with van der Waals surface area (Å²) in [5.41, 5.74) is 0.547. The van der Waals surface area contributed by atoms with Crippen LogP contribution in [0.2, 0.25) is 0 Å². The molecule has 0 atom stereocenters. The van der Waals surface area contributed by atoms with E-state index in [1.165, 1.54) is 0 Å². The number of esters is 1. The van der Waals surface area contributed by atoms with E-state index in [1.807, 2.05) is 0 Å². The van der Waals surface area contributed by atoms with Crippen molar-refractivity contribution in [1.82, 2.24) is 0 Å². The molecule has 0 radical (unpaired) electrons. The summed E-state index contributed by atoms with van der Waals surface area (Å²) in [6, 6.07) is 6.85. The van der Waals surface area contributed by atoms with Crippen LogP contribution >= 0.6 is 15.9 Å². The van der Waals surface area contributed by atoms with Crippen molar-refractivity contribution in [3.8, 4) is 5.75 Å². The lowest BCUT2D eigenvalue weighted by Crippen LogP contribution is -2.06. The number of alkyl halides is 1. The van der Waals surface area contributed by atoms with Crippen LogP contribution in [-0.4, -0.2) is 25.0 Å². The van der Waals surface area contributed by atoms with Crippen molar-refractivity contribution in [1.29, 1.82) is 0 Å². The first-order valence-corrected chi connectivity index (χ1v) is 5.77. The Bertz CT molecular complexity index is 308. The molecule has 82 valence electrons. The fourth-order valence-electron chi connectivity index (χ4n) is 1.03. The molecule has 0 amide bonds. The third kappa shape index (κ3) is 3.91. The van der Waals surface area contributed by atoms with Gasteiger partial charge in [-0.05, 0) is 30.7 Å². The molecule has 1 aromatic carbocycles. The molecule has 0 aromatic heterocycles. The molecule has 0 heterocycles. The zero-order valence-electron chi connectivity index (χ0n) is 8.53. The zero-order valence-corrected chi connectivity index (χ0v) is 10.1.